The number of anilines is 1. The SMILES string of the molecule is COc1ccnc(NCCc2ccccc2F)n1. The lowest BCUT2D eigenvalue weighted by molar-refractivity contribution is 0.397. The number of halogens is 1. The van der Waals surface area contributed by atoms with E-state index in [1.54, 1.807) is 31.5 Å². The van der Waals surface area contributed by atoms with Gasteiger partial charge in [0.2, 0.25) is 11.8 Å². The lowest BCUT2D eigenvalue weighted by Gasteiger charge is -2.06. The van der Waals surface area contributed by atoms with Crippen molar-refractivity contribution in [3.8, 4) is 5.88 Å². The van der Waals surface area contributed by atoms with Gasteiger partial charge in [0.1, 0.15) is 5.82 Å². The van der Waals surface area contributed by atoms with Crippen molar-refractivity contribution in [1.29, 1.82) is 0 Å². The first-order valence-electron chi connectivity index (χ1n) is 5.64. The molecule has 2 rings (SSSR count). The van der Waals surface area contributed by atoms with Crippen molar-refractivity contribution in [3.05, 3.63) is 47.9 Å². The van der Waals surface area contributed by atoms with E-state index >= 15 is 0 Å². The molecule has 0 unspecified atom stereocenters. The fourth-order valence-corrected chi connectivity index (χ4v) is 1.55. The number of hydrogen-bond acceptors (Lipinski definition) is 4. The monoisotopic (exact) mass is 247 g/mol. The Morgan fingerprint density at radius 1 is 1.28 bits per heavy atom. The predicted molar refractivity (Wildman–Crippen MR) is 67.2 cm³/mol. The molecule has 1 aromatic heterocycles. The van der Waals surface area contributed by atoms with Gasteiger partial charge in [-0.2, -0.15) is 4.98 Å². The smallest absolute Gasteiger partial charge is 0.225 e. The number of aromatic nitrogens is 2. The molecule has 2 aromatic rings. The third kappa shape index (κ3) is 3.16. The molecule has 1 heterocycles. The van der Waals surface area contributed by atoms with E-state index in [1.165, 1.54) is 6.07 Å². The van der Waals surface area contributed by atoms with Crippen molar-refractivity contribution in [2.75, 3.05) is 19.0 Å². The lowest BCUT2D eigenvalue weighted by Crippen LogP contribution is -2.09. The molecule has 0 fully saturated rings. The second-order valence-electron chi connectivity index (χ2n) is 3.69. The maximum atomic E-state index is 13.4. The topological polar surface area (TPSA) is 47.0 Å². The Kier molecular flexibility index (Phi) is 4.06. The van der Waals surface area contributed by atoms with Crippen LogP contribution in [0.25, 0.3) is 0 Å². The van der Waals surface area contributed by atoms with E-state index in [-0.39, 0.29) is 5.82 Å². The molecule has 18 heavy (non-hydrogen) atoms. The standard InChI is InChI=1S/C13H14FN3O/c1-18-12-7-9-16-13(17-12)15-8-6-10-4-2-3-5-11(10)14/h2-5,7,9H,6,8H2,1H3,(H,15,16,17). The van der Waals surface area contributed by atoms with Crippen LogP contribution in [-0.4, -0.2) is 23.6 Å². The summed E-state index contributed by atoms with van der Waals surface area (Å²) in [6.45, 7) is 0.564. The van der Waals surface area contributed by atoms with Crippen LogP contribution in [0.3, 0.4) is 0 Å². The molecule has 0 atom stereocenters. The Morgan fingerprint density at radius 2 is 2.11 bits per heavy atom. The minimum absolute atomic E-state index is 0.189. The molecule has 1 N–H and O–H groups in total. The van der Waals surface area contributed by atoms with Gasteiger partial charge in [-0.1, -0.05) is 18.2 Å². The average molecular weight is 247 g/mol. The summed E-state index contributed by atoms with van der Waals surface area (Å²) in [4.78, 5) is 8.15. The van der Waals surface area contributed by atoms with Gasteiger partial charge in [-0.15, -0.1) is 0 Å². The van der Waals surface area contributed by atoms with E-state index in [0.29, 0.717) is 30.4 Å². The minimum atomic E-state index is -0.189. The summed E-state index contributed by atoms with van der Waals surface area (Å²) in [6.07, 6.45) is 2.19. The van der Waals surface area contributed by atoms with Crippen LogP contribution < -0.4 is 10.1 Å². The van der Waals surface area contributed by atoms with E-state index < -0.39 is 0 Å². The average Bonchev–Trinajstić information content (AvgIpc) is 2.41. The van der Waals surface area contributed by atoms with Gasteiger partial charge in [0.25, 0.3) is 0 Å². The minimum Gasteiger partial charge on any atom is -0.481 e. The van der Waals surface area contributed by atoms with E-state index in [1.807, 2.05) is 6.07 Å². The summed E-state index contributed by atoms with van der Waals surface area (Å²) < 4.78 is 18.3. The Morgan fingerprint density at radius 3 is 2.89 bits per heavy atom. The Hall–Kier alpha value is -2.17. The summed E-state index contributed by atoms with van der Waals surface area (Å²) in [5.41, 5.74) is 0.674. The van der Waals surface area contributed by atoms with Gasteiger partial charge < -0.3 is 10.1 Å². The van der Waals surface area contributed by atoms with Gasteiger partial charge in [0.05, 0.1) is 7.11 Å². The molecule has 0 saturated heterocycles. The zero-order valence-electron chi connectivity index (χ0n) is 10.1. The van der Waals surface area contributed by atoms with Crippen LogP contribution in [-0.2, 0) is 6.42 Å². The first-order chi connectivity index (χ1) is 8.79. The zero-order valence-corrected chi connectivity index (χ0v) is 10.1. The van der Waals surface area contributed by atoms with Gasteiger partial charge in [-0.25, -0.2) is 9.37 Å². The van der Waals surface area contributed by atoms with Gasteiger partial charge in [0, 0.05) is 18.8 Å². The number of rotatable bonds is 5. The Labute approximate surface area is 105 Å². The largest absolute Gasteiger partial charge is 0.481 e. The molecular weight excluding hydrogens is 233 g/mol. The maximum Gasteiger partial charge on any atom is 0.225 e. The highest BCUT2D eigenvalue weighted by Crippen LogP contribution is 2.09. The second kappa shape index (κ2) is 5.95. The molecule has 4 nitrogen and oxygen atoms in total. The van der Waals surface area contributed by atoms with Crippen LogP contribution in [0.5, 0.6) is 5.88 Å². The summed E-state index contributed by atoms with van der Waals surface area (Å²) >= 11 is 0. The number of methoxy groups -OCH3 is 1. The molecule has 0 saturated carbocycles. The molecule has 5 heteroatoms. The van der Waals surface area contributed by atoms with Crippen molar-refractivity contribution in [3.63, 3.8) is 0 Å². The Balaban J connectivity index is 1.90. The van der Waals surface area contributed by atoms with Gasteiger partial charge >= 0.3 is 0 Å². The first kappa shape index (κ1) is 12.3. The van der Waals surface area contributed by atoms with E-state index in [9.17, 15) is 4.39 Å². The highest BCUT2D eigenvalue weighted by Gasteiger charge is 2.01. The molecule has 0 spiro atoms. The summed E-state index contributed by atoms with van der Waals surface area (Å²) in [7, 11) is 1.55. The lowest BCUT2D eigenvalue weighted by atomic mass is 10.1. The highest BCUT2D eigenvalue weighted by molar-refractivity contribution is 5.28. The fraction of sp³-hybridized carbons (Fsp3) is 0.231. The number of nitrogens with zero attached hydrogens (tertiary/aromatic N) is 2. The zero-order chi connectivity index (χ0) is 12.8. The molecule has 0 aliphatic heterocycles. The Bertz CT molecular complexity index is 519. The fourth-order valence-electron chi connectivity index (χ4n) is 1.55. The third-order valence-electron chi connectivity index (χ3n) is 2.47. The molecule has 1 aromatic carbocycles. The first-order valence-corrected chi connectivity index (χ1v) is 5.64. The van der Waals surface area contributed by atoms with Crippen molar-refractivity contribution in [2.24, 2.45) is 0 Å². The highest BCUT2D eigenvalue weighted by atomic mass is 19.1. The van der Waals surface area contributed by atoms with Crippen molar-refractivity contribution in [1.82, 2.24) is 9.97 Å². The van der Waals surface area contributed by atoms with Crippen LogP contribution in [0, 0.1) is 5.82 Å². The normalized spacial score (nSPS) is 10.1. The van der Waals surface area contributed by atoms with Crippen LogP contribution in [0.4, 0.5) is 10.3 Å². The third-order valence-corrected chi connectivity index (χ3v) is 2.47. The molecular formula is C13H14FN3O. The van der Waals surface area contributed by atoms with Crippen molar-refractivity contribution >= 4 is 5.95 Å². The van der Waals surface area contributed by atoms with Crippen LogP contribution in [0.1, 0.15) is 5.56 Å². The van der Waals surface area contributed by atoms with Crippen LogP contribution >= 0.6 is 0 Å². The van der Waals surface area contributed by atoms with E-state index in [2.05, 4.69) is 15.3 Å². The van der Waals surface area contributed by atoms with Gasteiger partial charge in [0.15, 0.2) is 0 Å². The molecule has 0 bridgehead atoms. The summed E-state index contributed by atoms with van der Waals surface area (Å²) in [5, 5.41) is 3.03. The summed E-state index contributed by atoms with van der Waals surface area (Å²) in [5.74, 6) is 0.787. The molecule has 94 valence electrons. The van der Waals surface area contributed by atoms with Crippen LogP contribution in [0.2, 0.25) is 0 Å². The quantitative estimate of drug-likeness (QED) is 0.880. The molecule has 0 aliphatic rings. The molecule has 0 radical (unpaired) electrons. The predicted octanol–water partition coefficient (Wildman–Crippen LogP) is 2.28. The van der Waals surface area contributed by atoms with Gasteiger partial charge in [-0.3, -0.25) is 0 Å². The molecule has 0 amide bonds. The second-order valence-corrected chi connectivity index (χ2v) is 3.69. The van der Waals surface area contributed by atoms with E-state index in [0.717, 1.165) is 0 Å². The van der Waals surface area contributed by atoms with Crippen LogP contribution in [0.15, 0.2) is 36.5 Å². The summed E-state index contributed by atoms with van der Waals surface area (Å²) in [6, 6.07) is 8.39. The maximum absolute atomic E-state index is 13.4. The molecule has 0 aliphatic carbocycles. The van der Waals surface area contributed by atoms with Crippen molar-refractivity contribution < 1.29 is 9.13 Å². The number of benzene rings is 1. The number of nitrogens with one attached hydrogen (secondary N) is 1. The van der Waals surface area contributed by atoms with Crippen molar-refractivity contribution in [2.45, 2.75) is 6.42 Å². The number of hydrogen-bond donors (Lipinski definition) is 1. The number of ether oxygens (including phenoxy) is 1. The van der Waals surface area contributed by atoms with E-state index in [4.69, 9.17) is 4.74 Å². The van der Waals surface area contributed by atoms with Gasteiger partial charge in [-0.05, 0) is 18.1 Å².